The first-order chi connectivity index (χ1) is 6.29. The molecule has 13 heavy (non-hydrogen) atoms. The van der Waals surface area contributed by atoms with Crippen LogP contribution in [0.3, 0.4) is 0 Å². The zero-order chi connectivity index (χ0) is 9.52. The Labute approximate surface area is 85.7 Å². The van der Waals surface area contributed by atoms with Crippen LogP contribution in [0.1, 0.15) is 58.8 Å². The van der Waals surface area contributed by atoms with E-state index in [4.69, 9.17) is 0 Å². The predicted molar refractivity (Wildman–Crippen MR) is 64.1 cm³/mol. The molecule has 1 rings (SSSR count). The average Bonchev–Trinajstić information content (AvgIpc) is 1.99. The van der Waals surface area contributed by atoms with E-state index in [1.165, 1.54) is 59.7 Å². The Balaban J connectivity index is 1.73. The molecule has 1 unspecified atom stereocenters. The summed E-state index contributed by atoms with van der Waals surface area (Å²) in [5, 5.41) is 0. The first-order valence-corrected chi connectivity index (χ1v) is 7.31. The van der Waals surface area contributed by atoms with E-state index in [1.54, 1.807) is 0 Å². The maximum absolute atomic E-state index is 2.34. The Hall–Kier alpha value is 0.430. The molecule has 1 fully saturated rings. The van der Waals surface area contributed by atoms with Crippen molar-refractivity contribution in [3.05, 3.63) is 0 Å². The van der Waals surface area contributed by atoms with Crippen LogP contribution in [0, 0.1) is 5.92 Å². The molecule has 0 N–H and O–H groups in total. The van der Waals surface area contributed by atoms with Gasteiger partial charge in [0.15, 0.2) is 0 Å². The minimum absolute atomic E-state index is 0.937. The Morgan fingerprint density at radius 2 is 1.92 bits per heavy atom. The van der Waals surface area contributed by atoms with Crippen molar-refractivity contribution in [3.63, 3.8) is 0 Å². The van der Waals surface area contributed by atoms with Gasteiger partial charge in [0.25, 0.3) is 0 Å². The lowest BCUT2D eigenvalue weighted by molar-refractivity contribution is 0.287. The van der Waals surface area contributed by atoms with E-state index < -0.39 is 0 Å². The summed E-state index contributed by atoms with van der Waals surface area (Å²) in [7, 11) is 1.21. The molecule has 0 radical (unpaired) electrons. The van der Waals surface area contributed by atoms with Crippen molar-refractivity contribution in [2.45, 2.75) is 64.5 Å². The van der Waals surface area contributed by atoms with Crippen molar-refractivity contribution in [1.82, 2.24) is 0 Å². The summed E-state index contributed by atoms with van der Waals surface area (Å²) in [6, 6.07) is 0. The summed E-state index contributed by atoms with van der Waals surface area (Å²) in [5.74, 6) is 1.13. The molecular weight excluding hydrogens is 175 g/mol. The molecular formula is C12H25P. The lowest BCUT2D eigenvalue weighted by Crippen LogP contribution is -2.10. The molecule has 0 aromatic heterocycles. The summed E-state index contributed by atoms with van der Waals surface area (Å²) < 4.78 is 0. The van der Waals surface area contributed by atoms with Crippen molar-refractivity contribution < 1.29 is 0 Å². The number of rotatable bonds is 7. The third-order valence-corrected chi connectivity index (χ3v) is 4.53. The van der Waals surface area contributed by atoms with Gasteiger partial charge in [0.1, 0.15) is 0 Å². The van der Waals surface area contributed by atoms with E-state index in [-0.39, 0.29) is 0 Å². The van der Waals surface area contributed by atoms with Crippen LogP contribution in [0.4, 0.5) is 0 Å². The van der Waals surface area contributed by atoms with Crippen LogP contribution in [0.25, 0.3) is 0 Å². The molecule has 0 saturated heterocycles. The SMILES string of the molecule is CC(C)PCCCCCC1CCC1. The van der Waals surface area contributed by atoms with Crippen molar-refractivity contribution in [1.29, 1.82) is 0 Å². The number of hydrogen-bond acceptors (Lipinski definition) is 0. The topological polar surface area (TPSA) is 0 Å². The molecule has 0 bridgehead atoms. The van der Waals surface area contributed by atoms with Gasteiger partial charge in [-0.25, -0.2) is 0 Å². The molecule has 1 aliphatic rings. The van der Waals surface area contributed by atoms with Crippen molar-refractivity contribution in [2.24, 2.45) is 5.92 Å². The van der Waals surface area contributed by atoms with Crippen LogP contribution < -0.4 is 0 Å². The predicted octanol–water partition coefficient (Wildman–Crippen LogP) is 4.43. The van der Waals surface area contributed by atoms with Gasteiger partial charge < -0.3 is 0 Å². The highest BCUT2D eigenvalue weighted by Crippen LogP contribution is 2.31. The smallest absolute Gasteiger partial charge is 0.0294 e. The molecule has 0 nitrogen and oxygen atoms in total. The van der Waals surface area contributed by atoms with Gasteiger partial charge in [-0.05, 0) is 24.2 Å². The van der Waals surface area contributed by atoms with E-state index in [2.05, 4.69) is 13.8 Å². The Kier molecular flexibility index (Phi) is 6.04. The van der Waals surface area contributed by atoms with Gasteiger partial charge in [0.05, 0.1) is 0 Å². The fourth-order valence-corrected chi connectivity index (χ4v) is 2.94. The minimum Gasteiger partial charge on any atom is -0.119 e. The highest BCUT2D eigenvalue weighted by atomic mass is 31.1. The lowest BCUT2D eigenvalue weighted by Gasteiger charge is -2.24. The summed E-state index contributed by atoms with van der Waals surface area (Å²) in [4.78, 5) is 0. The van der Waals surface area contributed by atoms with Crippen LogP contribution in [0.15, 0.2) is 0 Å². The Morgan fingerprint density at radius 1 is 1.15 bits per heavy atom. The molecule has 0 aromatic rings. The standard InChI is InChI=1S/C12H25P/c1-11(2)13-10-5-3-4-7-12-8-6-9-12/h11-13H,3-10H2,1-2H3. The number of hydrogen-bond donors (Lipinski definition) is 0. The average molecular weight is 200 g/mol. The summed E-state index contributed by atoms with van der Waals surface area (Å²) in [6.45, 7) is 4.68. The van der Waals surface area contributed by atoms with Crippen molar-refractivity contribution in [2.75, 3.05) is 6.16 Å². The fourth-order valence-electron chi connectivity index (χ4n) is 1.91. The van der Waals surface area contributed by atoms with Gasteiger partial charge in [-0.1, -0.05) is 52.4 Å². The quantitative estimate of drug-likeness (QED) is 0.421. The maximum atomic E-state index is 2.34. The molecule has 1 heteroatoms. The van der Waals surface area contributed by atoms with Gasteiger partial charge in [-0.3, -0.25) is 0 Å². The Bertz CT molecular complexity index is 116. The van der Waals surface area contributed by atoms with Crippen LogP contribution >= 0.6 is 8.58 Å². The first kappa shape index (κ1) is 11.5. The van der Waals surface area contributed by atoms with Gasteiger partial charge in [0.2, 0.25) is 0 Å². The summed E-state index contributed by atoms with van der Waals surface area (Å²) in [5.41, 5.74) is 0.937. The zero-order valence-electron chi connectivity index (χ0n) is 9.31. The molecule has 0 amide bonds. The molecule has 0 aromatic carbocycles. The van der Waals surface area contributed by atoms with E-state index in [0.717, 1.165) is 11.6 Å². The van der Waals surface area contributed by atoms with E-state index >= 15 is 0 Å². The monoisotopic (exact) mass is 200 g/mol. The minimum atomic E-state index is 0.937. The largest absolute Gasteiger partial charge is 0.119 e. The van der Waals surface area contributed by atoms with Crippen LogP contribution in [0.5, 0.6) is 0 Å². The van der Waals surface area contributed by atoms with E-state index in [0.29, 0.717) is 0 Å². The lowest BCUT2D eigenvalue weighted by atomic mass is 9.82. The zero-order valence-corrected chi connectivity index (χ0v) is 10.3. The Morgan fingerprint density at radius 3 is 2.46 bits per heavy atom. The summed E-state index contributed by atoms with van der Waals surface area (Å²) in [6.07, 6.45) is 12.1. The first-order valence-electron chi connectivity index (χ1n) is 6.02. The third kappa shape index (κ3) is 5.68. The molecule has 0 aliphatic heterocycles. The van der Waals surface area contributed by atoms with Crippen LogP contribution in [-0.4, -0.2) is 11.8 Å². The second kappa shape index (κ2) is 6.82. The van der Waals surface area contributed by atoms with Crippen LogP contribution in [-0.2, 0) is 0 Å². The van der Waals surface area contributed by atoms with Crippen molar-refractivity contribution in [3.8, 4) is 0 Å². The second-order valence-electron chi connectivity index (χ2n) is 4.76. The molecule has 78 valence electrons. The summed E-state index contributed by atoms with van der Waals surface area (Å²) >= 11 is 0. The maximum Gasteiger partial charge on any atom is -0.0294 e. The van der Waals surface area contributed by atoms with Gasteiger partial charge >= 0.3 is 0 Å². The highest BCUT2D eigenvalue weighted by molar-refractivity contribution is 7.38. The molecule has 1 aliphatic carbocycles. The van der Waals surface area contributed by atoms with E-state index in [9.17, 15) is 0 Å². The molecule has 1 atom stereocenters. The number of unbranched alkanes of at least 4 members (excludes halogenated alkanes) is 2. The highest BCUT2D eigenvalue weighted by Gasteiger charge is 2.15. The third-order valence-electron chi connectivity index (χ3n) is 3.07. The van der Waals surface area contributed by atoms with Gasteiger partial charge in [0, 0.05) is 0 Å². The van der Waals surface area contributed by atoms with Gasteiger partial charge in [-0.2, -0.15) is 0 Å². The molecule has 0 heterocycles. The fraction of sp³-hybridized carbons (Fsp3) is 1.00. The van der Waals surface area contributed by atoms with Crippen molar-refractivity contribution >= 4 is 8.58 Å². The molecule has 0 spiro atoms. The molecule has 1 saturated carbocycles. The van der Waals surface area contributed by atoms with E-state index in [1.807, 2.05) is 0 Å². The van der Waals surface area contributed by atoms with Crippen LogP contribution in [0.2, 0.25) is 0 Å². The van der Waals surface area contributed by atoms with Gasteiger partial charge in [-0.15, -0.1) is 8.58 Å². The normalized spacial score (nSPS) is 18.7. The second-order valence-corrected chi connectivity index (χ2v) is 6.82.